The highest BCUT2D eigenvalue weighted by Gasteiger charge is 2.14. The molecule has 1 heterocycles. The second-order valence-electron chi connectivity index (χ2n) is 3.93. The molecule has 19 heavy (non-hydrogen) atoms. The molecule has 0 aliphatic heterocycles. The third-order valence-corrected chi connectivity index (χ3v) is 2.60. The zero-order valence-electron chi connectivity index (χ0n) is 10.4. The number of aromatic nitrogens is 2. The van der Waals surface area contributed by atoms with Crippen molar-refractivity contribution in [2.24, 2.45) is 0 Å². The summed E-state index contributed by atoms with van der Waals surface area (Å²) in [4.78, 5) is 12.0. The van der Waals surface area contributed by atoms with Crippen LogP contribution in [0, 0.1) is 11.3 Å². The average Bonchev–Trinajstić information content (AvgIpc) is 2.81. The van der Waals surface area contributed by atoms with Crippen LogP contribution in [0.15, 0.2) is 30.5 Å². The van der Waals surface area contributed by atoms with Crippen molar-refractivity contribution < 1.29 is 4.79 Å². The first-order valence-electron chi connectivity index (χ1n) is 5.78. The van der Waals surface area contributed by atoms with Crippen LogP contribution in [0.5, 0.6) is 0 Å². The largest absolute Gasteiger partial charge is 0.396 e. The van der Waals surface area contributed by atoms with Gasteiger partial charge in [-0.15, -0.1) is 0 Å². The number of benzene rings is 1. The van der Waals surface area contributed by atoms with Crippen molar-refractivity contribution in [3.8, 4) is 6.07 Å². The van der Waals surface area contributed by atoms with Gasteiger partial charge in [-0.25, -0.2) is 0 Å². The Balaban J connectivity index is 2.16. The number of nitrogens with zero attached hydrogens (tertiary/aromatic N) is 3. The SMILES string of the molecule is CCn1cc(N)c(C(=O)Nc2ccc(C#N)cc2)n1. The van der Waals surface area contributed by atoms with Gasteiger partial charge in [-0.3, -0.25) is 9.48 Å². The Kier molecular flexibility index (Phi) is 3.48. The smallest absolute Gasteiger partial charge is 0.278 e. The maximum Gasteiger partial charge on any atom is 0.278 e. The molecule has 1 amide bonds. The zero-order chi connectivity index (χ0) is 13.8. The van der Waals surface area contributed by atoms with Gasteiger partial charge in [0.05, 0.1) is 17.3 Å². The van der Waals surface area contributed by atoms with Crippen molar-refractivity contribution in [3.63, 3.8) is 0 Å². The summed E-state index contributed by atoms with van der Waals surface area (Å²) in [6.45, 7) is 2.56. The van der Waals surface area contributed by atoms with Crippen molar-refractivity contribution in [2.45, 2.75) is 13.5 Å². The summed E-state index contributed by atoms with van der Waals surface area (Å²) >= 11 is 0. The van der Waals surface area contributed by atoms with E-state index < -0.39 is 0 Å². The molecule has 2 aromatic rings. The van der Waals surface area contributed by atoms with E-state index in [1.54, 1.807) is 35.1 Å². The second-order valence-corrected chi connectivity index (χ2v) is 3.93. The van der Waals surface area contributed by atoms with E-state index >= 15 is 0 Å². The lowest BCUT2D eigenvalue weighted by atomic mass is 10.2. The van der Waals surface area contributed by atoms with E-state index in [4.69, 9.17) is 11.0 Å². The zero-order valence-corrected chi connectivity index (χ0v) is 10.4. The third-order valence-electron chi connectivity index (χ3n) is 2.60. The number of nitrogens with one attached hydrogen (secondary N) is 1. The molecule has 96 valence electrons. The van der Waals surface area contributed by atoms with E-state index in [9.17, 15) is 4.79 Å². The first kappa shape index (κ1) is 12.6. The minimum atomic E-state index is -0.366. The van der Waals surface area contributed by atoms with Gasteiger partial charge in [-0.1, -0.05) is 0 Å². The number of nitriles is 1. The number of amides is 1. The quantitative estimate of drug-likeness (QED) is 0.870. The number of hydrogen-bond donors (Lipinski definition) is 2. The molecule has 6 nitrogen and oxygen atoms in total. The Morgan fingerprint density at radius 2 is 2.16 bits per heavy atom. The molecule has 0 unspecified atom stereocenters. The summed E-state index contributed by atoms with van der Waals surface area (Å²) in [5.74, 6) is -0.366. The van der Waals surface area contributed by atoms with Gasteiger partial charge in [0, 0.05) is 18.4 Å². The van der Waals surface area contributed by atoms with E-state index in [-0.39, 0.29) is 11.6 Å². The summed E-state index contributed by atoms with van der Waals surface area (Å²) in [7, 11) is 0. The van der Waals surface area contributed by atoms with Gasteiger partial charge in [0.25, 0.3) is 5.91 Å². The topological polar surface area (TPSA) is 96.7 Å². The maximum atomic E-state index is 12.0. The summed E-state index contributed by atoms with van der Waals surface area (Å²) in [6, 6.07) is 8.58. The minimum Gasteiger partial charge on any atom is -0.396 e. The predicted octanol–water partition coefficient (Wildman–Crippen LogP) is 1.61. The van der Waals surface area contributed by atoms with Gasteiger partial charge in [-0.2, -0.15) is 10.4 Å². The number of carbonyl (C=O) groups is 1. The van der Waals surface area contributed by atoms with Crippen LogP contribution < -0.4 is 11.1 Å². The van der Waals surface area contributed by atoms with Crippen molar-refractivity contribution in [2.75, 3.05) is 11.1 Å². The van der Waals surface area contributed by atoms with Gasteiger partial charge >= 0.3 is 0 Å². The Bertz CT molecular complexity index is 636. The molecule has 2 rings (SSSR count). The fourth-order valence-electron chi connectivity index (χ4n) is 1.59. The van der Waals surface area contributed by atoms with E-state index in [0.717, 1.165) is 0 Å². The number of hydrogen-bond acceptors (Lipinski definition) is 4. The second kappa shape index (κ2) is 5.23. The van der Waals surface area contributed by atoms with E-state index in [1.807, 2.05) is 13.0 Å². The monoisotopic (exact) mass is 255 g/mol. The summed E-state index contributed by atoms with van der Waals surface area (Å²) in [6.07, 6.45) is 1.62. The first-order chi connectivity index (χ1) is 9.13. The van der Waals surface area contributed by atoms with Gasteiger partial charge in [0.15, 0.2) is 5.69 Å². The van der Waals surface area contributed by atoms with Crippen LogP contribution in [0.25, 0.3) is 0 Å². The fourth-order valence-corrected chi connectivity index (χ4v) is 1.59. The molecule has 3 N–H and O–H groups in total. The number of aryl methyl sites for hydroxylation is 1. The molecular formula is C13H13N5O. The lowest BCUT2D eigenvalue weighted by Gasteiger charge is -2.03. The molecule has 6 heteroatoms. The van der Waals surface area contributed by atoms with Gasteiger partial charge in [0.2, 0.25) is 0 Å². The molecule has 0 aliphatic rings. The Hall–Kier alpha value is -2.81. The third kappa shape index (κ3) is 2.72. The summed E-state index contributed by atoms with van der Waals surface area (Å²) in [5.41, 5.74) is 7.40. The molecule has 0 saturated heterocycles. The van der Waals surface area contributed by atoms with E-state index in [1.165, 1.54) is 0 Å². The molecule has 0 aliphatic carbocycles. The number of nitrogen functional groups attached to an aromatic ring is 1. The summed E-state index contributed by atoms with van der Waals surface area (Å²) in [5, 5.41) is 15.5. The maximum absolute atomic E-state index is 12.0. The highest BCUT2D eigenvalue weighted by molar-refractivity contribution is 6.06. The lowest BCUT2D eigenvalue weighted by molar-refractivity contribution is 0.102. The molecule has 1 aromatic carbocycles. The Morgan fingerprint density at radius 1 is 1.47 bits per heavy atom. The molecular weight excluding hydrogens is 242 g/mol. The standard InChI is InChI=1S/C13H13N5O/c1-2-18-8-11(15)12(17-18)13(19)16-10-5-3-9(7-14)4-6-10/h3-6,8H,2,15H2,1H3,(H,16,19). The van der Waals surface area contributed by atoms with Crippen LogP contribution in [0.3, 0.4) is 0 Å². The van der Waals surface area contributed by atoms with E-state index in [0.29, 0.717) is 23.5 Å². The Labute approximate surface area is 110 Å². The molecule has 0 saturated carbocycles. The van der Waals surface area contributed by atoms with Crippen molar-refractivity contribution in [1.82, 2.24) is 9.78 Å². The molecule has 0 radical (unpaired) electrons. The predicted molar refractivity (Wildman–Crippen MR) is 71.4 cm³/mol. The van der Waals surface area contributed by atoms with Crippen LogP contribution in [0.2, 0.25) is 0 Å². The van der Waals surface area contributed by atoms with Crippen molar-refractivity contribution in [1.29, 1.82) is 5.26 Å². The number of rotatable bonds is 3. The number of carbonyl (C=O) groups excluding carboxylic acids is 1. The van der Waals surface area contributed by atoms with Crippen molar-refractivity contribution >= 4 is 17.3 Å². The van der Waals surface area contributed by atoms with E-state index in [2.05, 4.69) is 10.4 Å². The van der Waals surface area contributed by atoms with Crippen LogP contribution in [-0.4, -0.2) is 15.7 Å². The van der Waals surface area contributed by atoms with Crippen LogP contribution in [0.1, 0.15) is 23.0 Å². The molecule has 0 atom stereocenters. The lowest BCUT2D eigenvalue weighted by Crippen LogP contribution is -2.14. The molecule has 0 spiro atoms. The molecule has 1 aromatic heterocycles. The van der Waals surface area contributed by atoms with Crippen LogP contribution in [-0.2, 0) is 6.54 Å². The average molecular weight is 255 g/mol. The first-order valence-corrected chi connectivity index (χ1v) is 5.78. The Morgan fingerprint density at radius 3 is 2.68 bits per heavy atom. The highest BCUT2D eigenvalue weighted by atomic mass is 16.2. The van der Waals surface area contributed by atoms with Crippen LogP contribution >= 0.6 is 0 Å². The normalized spacial score (nSPS) is 9.89. The number of nitrogens with two attached hydrogens (primary N) is 1. The van der Waals surface area contributed by atoms with Gasteiger partial charge in [-0.05, 0) is 31.2 Å². The molecule has 0 bridgehead atoms. The number of anilines is 2. The van der Waals surface area contributed by atoms with Gasteiger partial charge < -0.3 is 11.1 Å². The van der Waals surface area contributed by atoms with Crippen molar-refractivity contribution in [3.05, 3.63) is 41.7 Å². The van der Waals surface area contributed by atoms with Gasteiger partial charge in [0.1, 0.15) is 0 Å². The van der Waals surface area contributed by atoms with Crippen LogP contribution in [0.4, 0.5) is 11.4 Å². The minimum absolute atomic E-state index is 0.200. The highest BCUT2D eigenvalue weighted by Crippen LogP contribution is 2.14. The summed E-state index contributed by atoms with van der Waals surface area (Å²) < 4.78 is 1.60. The fraction of sp³-hybridized carbons (Fsp3) is 0.154. The molecule has 0 fully saturated rings.